The van der Waals surface area contributed by atoms with Crippen LogP contribution in [0.1, 0.15) is 19.4 Å². The van der Waals surface area contributed by atoms with Crippen molar-refractivity contribution >= 4 is 17.1 Å². The molecular weight excluding hydrogens is 363 g/mol. The highest BCUT2D eigenvalue weighted by Crippen LogP contribution is 2.43. The zero-order valence-electron chi connectivity index (χ0n) is 13.9. The van der Waals surface area contributed by atoms with Crippen molar-refractivity contribution in [2.45, 2.75) is 32.4 Å². The summed E-state index contributed by atoms with van der Waals surface area (Å²) in [6.07, 6.45) is -5.76. The molecule has 1 heterocycles. The molecule has 0 bridgehead atoms. The Bertz CT molecular complexity index is 669. The van der Waals surface area contributed by atoms with E-state index in [9.17, 15) is 33.4 Å². The molecule has 9 nitrogen and oxygen atoms in total. The standard InChI is InChI=1S/C14H16F3N3O6/c1-8(2)18(7-12-25-3-4-26-12)13-10(19(21)22)5-9(14(15,16)17)6-11(13)20(23)24/h5-6,8,12H,3-4,7H2,1-2H3. The molecule has 0 aliphatic carbocycles. The van der Waals surface area contributed by atoms with Gasteiger partial charge < -0.3 is 14.4 Å². The fourth-order valence-corrected chi connectivity index (χ4v) is 2.57. The molecule has 1 fully saturated rings. The summed E-state index contributed by atoms with van der Waals surface area (Å²) in [5.74, 6) is 0. The number of benzene rings is 1. The molecule has 0 N–H and O–H groups in total. The van der Waals surface area contributed by atoms with Gasteiger partial charge in [-0.1, -0.05) is 0 Å². The molecule has 1 aromatic rings. The van der Waals surface area contributed by atoms with Crippen molar-refractivity contribution in [2.24, 2.45) is 0 Å². The van der Waals surface area contributed by atoms with Crippen molar-refractivity contribution in [3.8, 4) is 0 Å². The van der Waals surface area contributed by atoms with Gasteiger partial charge in [0, 0.05) is 18.2 Å². The van der Waals surface area contributed by atoms with Crippen LogP contribution in [0, 0.1) is 20.2 Å². The molecule has 12 heteroatoms. The molecular formula is C14H16F3N3O6. The third-order valence-electron chi connectivity index (χ3n) is 3.74. The number of halogens is 3. The monoisotopic (exact) mass is 379 g/mol. The number of ether oxygens (including phenoxy) is 2. The van der Waals surface area contributed by atoms with Gasteiger partial charge in [-0.3, -0.25) is 20.2 Å². The molecule has 0 aromatic heterocycles. The van der Waals surface area contributed by atoms with E-state index in [1.165, 1.54) is 4.90 Å². The number of anilines is 1. The average molecular weight is 379 g/mol. The molecule has 26 heavy (non-hydrogen) atoms. The molecule has 0 amide bonds. The molecule has 1 aliphatic rings. The van der Waals surface area contributed by atoms with Crippen LogP contribution in [0.15, 0.2) is 12.1 Å². The second-order valence-corrected chi connectivity index (χ2v) is 5.79. The number of nitrogens with zero attached hydrogens (tertiary/aromatic N) is 3. The highest BCUT2D eigenvalue weighted by Gasteiger charge is 2.40. The van der Waals surface area contributed by atoms with E-state index in [2.05, 4.69) is 0 Å². The summed E-state index contributed by atoms with van der Waals surface area (Å²) >= 11 is 0. The molecule has 0 radical (unpaired) electrons. The molecule has 2 rings (SSSR count). The fraction of sp³-hybridized carbons (Fsp3) is 0.571. The summed E-state index contributed by atoms with van der Waals surface area (Å²) in [7, 11) is 0. The van der Waals surface area contributed by atoms with Crippen LogP contribution in [0.5, 0.6) is 0 Å². The van der Waals surface area contributed by atoms with Gasteiger partial charge in [0.1, 0.15) is 0 Å². The predicted molar refractivity (Wildman–Crippen MR) is 82.9 cm³/mol. The maximum atomic E-state index is 13.0. The minimum atomic E-state index is -4.96. The van der Waals surface area contributed by atoms with Crippen LogP contribution in [0.25, 0.3) is 0 Å². The Morgan fingerprint density at radius 1 is 1.15 bits per heavy atom. The molecule has 144 valence electrons. The van der Waals surface area contributed by atoms with Crippen molar-refractivity contribution in [3.63, 3.8) is 0 Å². The molecule has 1 aromatic carbocycles. The average Bonchev–Trinajstić information content (AvgIpc) is 3.03. The van der Waals surface area contributed by atoms with Gasteiger partial charge in [-0.2, -0.15) is 13.2 Å². The minimum absolute atomic E-state index is 0.106. The van der Waals surface area contributed by atoms with Crippen LogP contribution >= 0.6 is 0 Å². The van der Waals surface area contributed by atoms with Crippen LogP contribution in [0.4, 0.5) is 30.2 Å². The van der Waals surface area contributed by atoms with Crippen molar-refractivity contribution in [2.75, 3.05) is 24.7 Å². The van der Waals surface area contributed by atoms with Crippen molar-refractivity contribution in [1.82, 2.24) is 0 Å². The molecule has 0 unspecified atom stereocenters. The zero-order valence-corrected chi connectivity index (χ0v) is 13.9. The third kappa shape index (κ3) is 4.19. The SMILES string of the molecule is CC(C)N(CC1OCCO1)c1c([N+](=O)[O-])cc(C(F)(F)F)cc1[N+](=O)[O-]. The second kappa shape index (κ2) is 7.41. The first kappa shape index (κ1) is 19.8. The van der Waals surface area contributed by atoms with Gasteiger partial charge in [0.2, 0.25) is 0 Å². The lowest BCUT2D eigenvalue weighted by molar-refractivity contribution is -0.393. The highest BCUT2D eigenvalue weighted by molar-refractivity contribution is 5.76. The summed E-state index contributed by atoms with van der Waals surface area (Å²) in [5, 5.41) is 22.7. The van der Waals surface area contributed by atoms with Crippen LogP contribution in [-0.2, 0) is 15.7 Å². The Hall–Kier alpha value is -2.47. The normalized spacial score (nSPS) is 15.5. The van der Waals surface area contributed by atoms with E-state index in [4.69, 9.17) is 9.47 Å². The molecule has 1 saturated heterocycles. The van der Waals surface area contributed by atoms with Gasteiger partial charge in [0.25, 0.3) is 11.4 Å². The first-order valence-corrected chi connectivity index (χ1v) is 7.56. The molecule has 0 atom stereocenters. The zero-order chi connectivity index (χ0) is 19.6. The lowest BCUT2D eigenvalue weighted by Gasteiger charge is -2.30. The smallest absolute Gasteiger partial charge is 0.353 e. The number of nitro benzene ring substituents is 2. The summed E-state index contributed by atoms with van der Waals surface area (Å²) in [6.45, 7) is 3.66. The lowest BCUT2D eigenvalue weighted by atomic mass is 10.1. The largest absolute Gasteiger partial charge is 0.416 e. The summed E-state index contributed by atoms with van der Waals surface area (Å²) in [6, 6.07) is 0.0965. The maximum Gasteiger partial charge on any atom is 0.416 e. The first-order valence-electron chi connectivity index (χ1n) is 7.56. The van der Waals surface area contributed by atoms with Crippen molar-refractivity contribution in [3.05, 3.63) is 37.9 Å². The second-order valence-electron chi connectivity index (χ2n) is 5.79. The van der Waals surface area contributed by atoms with Gasteiger partial charge in [-0.05, 0) is 13.8 Å². The van der Waals surface area contributed by atoms with Crippen molar-refractivity contribution < 1.29 is 32.5 Å². The Balaban J connectivity index is 2.65. The van der Waals surface area contributed by atoms with Crippen LogP contribution in [0.3, 0.4) is 0 Å². The number of alkyl halides is 3. The molecule has 1 aliphatic heterocycles. The van der Waals surface area contributed by atoms with E-state index < -0.39 is 51.0 Å². The van der Waals surface area contributed by atoms with E-state index >= 15 is 0 Å². The van der Waals surface area contributed by atoms with E-state index in [1.807, 2.05) is 0 Å². The lowest BCUT2D eigenvalue weighted by Crippen LogP contribution is -2.39. The van der Waals surface area contributed by atoms with Crippen LogP contribution in [0.2, 0.25) is 0 Å². The van der Waals surface area contributed by atoms with E-state index in [0.717, 1.165) is 0 Å². The highest BCUT2D eigenvalue weighted by atomic mass is 19.4. The van der Waals surface area contributed by atoms with Gasteiger partial charge in [0.05, 0.1) is 35.2 Å². The Kier molecular flexibility index (Phi) is 5.66. The Morgan fingerprint density at radius 2 is 1.62 bits per heavy atom. The summed E-state index contributed by atoms with van der Waals surface area (Å²) in [4.78, 5) is 21.8. The number of hydrogen-bond acceptors (Lipinski definition) is 7. The fourth-order valence-electron chi connectivity index (χ4n) is 2.57. The quantitative estimate of drug-likeness (QED) is 0.552. The summed E-state index contributed by atoms with van der Waals surface area (Å²) in [5.41, 5.74) is -3.98. The van der Waals surface area contributed by atoms with Gasteiger partial charge in [-0.25, -0.2) is 0 Å². The van der Waals surface area contributed by atoms with Crippen LogP contribution in [-0.4, -0.2) is 41.9 Å². The number of hydrogen-bond donors (Lipinski definition) is 0. The maximum absolute atomic E-state index is 13.0. The number of nitro groups is 2. The van der Waals surface area contributed by atoms with Crippen molar-refractivity contribution in [1.29, 1.82) is 0 Å². The third-order valence-corrected chi connectivity index (χ3v) is 3.74. The van der Waals surface area contributed by atoms with Crippen LogP contribution < -0.4 is 4.90 Å². The van der Waals surface area contributed by atoms with Gasteiger partial charge >= 0.3 is 6.18 Å². The van der Waals surface area contributed by atoms with E-state index in [1.54, 1.807) is 13.8 Å². The van der Waals surface area contributed by atoms with Gasteiger partial charge in [-0.15, -0.1) is 0 Å². The summed E-state index contributed by atoms with van der Waals surface area (Å²) < 4.78 is 49.5. The van der Waals surface area contributed by atoms with Gasteiger partial charge in [0.15, 0.2) is 12.0 Å². The topological polar surface area (TPSA) is 108 Å². The Morgan fingerprint density at radius 3 is 1.96 bits per heavy atom. The first-order chi connectivity index (χ1) is 12.0. The van der Waals surface area contributed by atoms with E-state index in [0.29, 0.717) is 12.1 Å². The molecule has 0 spiro atoms. The molecule has 0 saturated carbocycles. The Labute approximate surface area is 145 Å². The number of rotatable bonds is 6. The minimum Gasteiger partial charge on any atom is -0.353 e. The van der Waals surface area contributed by atoms with E-state index in [-0.39, 0.29) is 19.8 Å². The predicted octanol–water partition coefficient (Wildman–Crippen LogP) is 3.11.